The number of benzene rings is 2. The molecule has 0 unspecified atom stereocenters. The maximum Gasteiger partial charge on any atom is 0.198 e. The SMILES string of the molecule is Nc1cc2c(c(O)c1O)C(=O)c1cccc(O)c1C2=O. The molecular weight excluding hydrogens is 262 g/mol. The number of phenols is 3. The van der Waals surface area contributed by atoms with E-state index in [1.807, 2.05) is 0 Å². The third-order valence-electron chi connectivity index (χ3n) is 3.29. The van der Waals surface area contributed by atoms with E-state index < -0.39 is 23.1 Å². The van der Waals surface area contributed by atoms with Crippen molar-refractivity contribution < 1.29 is 24.9 Å². The van der Waals surface area contributed by atoms with Gasteiger partial charge in [-0.05, 0) is 12.1 Å². The van der Waals surface area contributed by atoms with Gasteiger partial charge in [0.25, 0.3) is 0 Å². The largest absolute Gasteiger partial charge is 0.507 e. The fourth-order valence-corrected chi connectivity index (χ4v) is 2.32. The molecule has 0 saturated heterocycles. The lowest BCUT2D eigenvalue weighted by molar-refractivity contribution is 0.0974. The summed E-state index contributed by atoms with van der Waals surface area (Å²) in [4.78, 5) is 24.6. The van der Waals surface area contributed by atoms with Crippen LogP contribution in [0.3, 0.4) is 0 Å². The summed E-state index contributed by atoms with van der Waals surface area (Å²) in [7, 11) is 0. The van der Waals surface area contributed by atoms with E-state index >= 15 is 0 Å². The summed E-state index contributed by atoms with van der Waals surface area (Å²) < 4.78 is 0. The van der Waals surface area contributed by atoms with Gasteiger partial charge in [-0.15, -0.1) is 0 Å². The second-order valence-corrected chi connectivity index (χ2v) is 4.44. The first-order valence-electron chi connectivity index (χ1n) is 5.69. The molecule has 2 aromatic carbocycles. The second kappa shape index (κ2) is 3.74. The van der Waals surface area contributed by atoms with E-state index in [1.54, 1.807) is 0 Å². The standard InChI is InChI=1S/C14H9NO5/c15-7-4-6-10(14(20)13(7)19)11(17)5-2-1-3-8(16)9(5)12(6)18/h1-4,16,19-20H,15H2. The highest BCUT2D eigenvalue weighted by atomic mass is 16.3. The van der Waals surface area contributed by atoms with Gasteiger partial charge in [-0.25, -0.2) is 0 Å². The average molecular weight is 271 g/mol. The van der Waals surface area contributed by atoms with Crippen LogP contribution < -0.4 is 5.73 Å². The fraction of sp³-hybridized carbons (Fsp3) is 0. The Morgan fingerprint density at radius 1 is 0.850 bits per heavy atom. The summed E-state index contributed by atoms with van der Waals surface area (Å²) >= 11 is 0. The fourth-order valence-electron chi connectivity index (χ4n) is 2.32. The van der Waals surface area contributed by atoms with Gasteiger partial charge in [0.05, 0.1) is 16.8 Å². The van der Waals surface area contributed by atoms with Crippen molar-refractivity contribution in [3.05, 3.63) is 46.5 Å². The van der Waals surface area contributed by atoms with E-state index in [4.69, 9.17) is 5.73 Å². The van der Waals surface area contributed by atoms with Crippen LogP contribution in [-0.2, 0) is 0 Å². The number of anilines is 1. The Labute approximate surface area is 112 Å². The molecule has 0 radical (unpaired) electrons. The highest BCUT2D eigenvalue weighted by molar-refractivity contribution is 6.30. The molecule has 0 fully saturated rings. The van der Waals surface area contributed by atoms with Crippen LogP contribution in [-0.4, -0.2) is 26.9 Å². The Morgan fingerprint density at radius 3 is 2.20 bits per heavy atom. The quantitative estimate of drug-likeness (QED) is 0.359. The van der Waals surface area contributed by atoms with Gasteiger partial charge in [0.1, 0.15) is 5.75 Å². The molecule has 2 aromatic rings. The molecule has 6 nitrogen and oxygen atoms in total. The van der Waals surface area contributed by atoms with Crippen molar-refractivity contribution in [2.45, 2.75) is 0 Å². The minimum Gasteiger partial charge on any atom is -0.507 e. The topological polar surface area (TPSA) is 121 Å². The average Bonchev–Trinajstić information content (AvgIpc) is 2.41. The van der Waals surface area contributed by atoms with E-state index in [0.29, 0.717) is 0 Å². The summed E-state index contributed by atoms with van der Waals surface area (Å²) in [5.41, 5.74) is 4.65. The number of hydrogen-bond donors (Lipinski definition) is 4. The monoisotopic (exact) mass is 271 g/mol. The smallest absolute Gasteiger partial charge is 0.198 e. The van der Waals surface area contributed by atoms with E-state index in [2.05, 4.69) is 0 Å². The first-order valence-corrected chi connectivity index (χ1v) is 5.69. The van der Waals surface area contributed by atoms with E-state index in [0.717, 1.165) is 6.07 Å². The molecule has 0 spiro atoms. The minimum absolute atomic E-state index is 0.0260. The molecule has 6 heteroatoms. The number of phenolic OH excluding ortho intramolecular Hbond substituents is 3. The van der Waals surface area contributed by atoms with Crippen molar-refractivity contribution in [3.8, 4) is 17.2 Å². The second-order valence-electron chi connectivity index (χ2n) is 4.44. The lowest BCUT2D eigenvalue weighted by Crippen LogP contribution is -2.21. The van der Waals surface area contributed by atoms with Crippen LogP contribution in [0, 0.1) is 0 Å². The molecular formula is C14H9NO5. The number of hydrogen-bond acceptors (Lipinski definition) is 6. The lowest BCUT2D eigenvalue weighted by atomic mass is 9.82. The first kappa shape index (κ1) is 12.0. The van der Waals surface area contributed by atoms with Gasteiger partial charge in [-0.1, -0.05) is 12.1 Å². The van der Waals surface area contributed by atoms with Crippen molar-refractivity contribution in [2.75, 3.05) is 5.73 Å². The van der Waals surface area contributed by atoms with Gasteiger partial charge < -0.3 is 21.1 Å². The maximum atomic E-state index is 12.3. The molecule has 1 aliphatic rings. The lowest BCUT2D eigenvalue weighted by Gasteiger charge is -2.20. The number of rotatable bonds is 0. The Kier molecular flexibility index (Phi) is 2.25. The molecule has 1 aliphatic carbocycles. The molecule has 0 heterocycles. The van der Waals surface area contributed by atoms with Crippen LogP contribution in [0.4, 0.5) is 5.69 Å². The van der Waals surface area contributed by atoms with Crippen molar-refractivity contribution >= 4 is 17.3 Å². The van der Waals surface area contributed by atoms with Crippen molar-refractivity contribution in [1.29, 1.82) is 0 Å². The highest BCUT2D eigenvalue weighted by Gasteiger charge is 2.35. The predicted molar refractivity (Wildman–Crippen MR) is 69.2 cm³/mol. The summed E-state index contributed by atoms with van der Waals surface area (Å²) in [6.45, 7) is 0. The van der Waals surface area contributed by atoms with E-state index in [1.165, 1.54) is 18.2 Å². The molecule has 0 bridgehead atoms. The minimum atomic E-state index is -0.729. The first-order chi connectivity index (χ1) is 9.43. The molecule has 0 atom stereocenters. The van der Waals surface area contributed by atoms with E-state index in [9.17, 15) is 24.9 Å². The number of nitrogen functional groups attached to an aromatic ring is 1. The summed E-state index contributed by atoms with van der Waals surface area (Å²) in [6, 6.07) is 5.18. The summed E-state index contributed by atoms with van der Waals surface area (Å²) in [6.07, 6.45) is 0. The number of ketones is 2. The molecule has 0 aromatic heterocycles. The number of aromatic hydroxyl groups is 3. The summed E-state index contributed by atoms with van der Waals surface area (Å²) in [5, 5.41) is 29.2. The highest BCUT2D eigenvalue weighted by Crippen LogP contribution is 2.42. The molecule has 100 valence electrons. The van der Waals surface area contributed by atoms with Crippen molar-refractivity contribution in [2.24, 2.45) is 0 Å². The van der Waals surface area contributed by atoms with Crippen LogP contribution in [0.5, 0.6) is 17.2 Å². The van der Waals surface area contributed by atoms with Crippen LogP contribution >= 0.6 is 0 Å². The van der Waals surface area contributed by atoms with Crippen molar-refractivity contribution in [3.63, 3.8) is 0 Å². The third kappa shape index (κ3) is 1.33. The van der Waals surface area contributed by atoms with Gasteiger partial charge in [-0.2, -0.15) is 0 Å². The third-order valence-corrected chi connectivity index (χ3v) is 3.29. The van der Waals surface area contributed by atoms with Crippen LogP contribution in [0.25, 0.3) is 0 Å². The van der Waals surface area contributed by atoms with E-state index in [-0.39, 0.29) is 33.7 Å². The van der Waals surface area contributed by atoms with Crippen LogP contribution in [0.15, 0.2) is 24.3 Å². The Morgan fingerprint density at radius 2 is 1.50 bits per heavy atom. The van der Waals surface area contributed by atoms with Gasteiger partial charge in [-0.3, -0.25) is 9.59 Å². The van der Waals surface area contributed by atoms with Gasteiger partial charge in [0.15, 0.2) is 23.1 Å². The number of carbonyl (C=O) groups is 2. The van der Waals surface area contributed by atoms with Crippen molar-refractivity contribution in [1.82, 2.24) is 0 Å². The molecule has 0 aliphatic heterocycles. The van der Waals surface area contributed by atoms with Crippen LogP contribution in [0.1, 0.15) is 31.8 Å². The van der Waals surface area contributed by atoms with Gasteiger partial charge >= 0.3 is 0 Å². The maximum absolute atomic E-state index is 12.3. The molecule has 20 heavy (non-hydrogen) atoms. The molecule has 5 N–H and O–H groups in total. The zero-order valence-corrected chi connectivity index (χ0v) is 10.0. The summed E-state index contributed by atoms with van der Waals surface area (Å²) in [5.74, 6) is -2.98. The number of fused-ring (bicyclic) bond motifs is 2. The molecule has 0 amide bonds. The zero-order chi connectivity index (χ0) is 14.6. The predicted octanol–water partition coefficient (Wildman–Crippen LogP) is 1.16. The Bertz CT molecular complexity index is 793. The zero-order valence-electron chi connectivity index (χ0n) is 10.0. The Balaban J connectivity index is 2.41. The van der Waals surface area contributed by atoms with Crippen LogP contribution in [0.2, 0.25) is 0 Å². The molecule has 0 saturated carbocycles. The number of carbonyl (C=O) groups excluding carboxylic acids is 2. The van der Waals surface area contributed by atoms with Gasteiger partial charge in [0.2, 0.25) is 0 Å². The Hall–Kier alpha value is -3.02. The normalized spacial score (nSPS) is 13.0. The number of nitrogens with two attached hydrogens (primary N) is 1. The van der Waals surface area contributed by atoms with Gasteiger partial charge in [0, 0.05) is 11.1 Å². The molecule has 3 rings (SSSR count).